The number of alkyl halides is 3. The number of halogens is 5. The number of amides is 2. The minimum atomic E-state index is -4.87. The van der Waals surface area contributed by atoms with E-state index in [9.17, 15) is 22.8 Å². The van der Waals surface area contributed by atoms with Gasteiger partial charge in [-0.05, 0) is 32.0 Å². The van der Waals surface area contributed by atoms with Gasteiger partial charge in [-0.2, -0.15) is 23.4 Å². The molecule has 0 radical (unpaired) electrons. The number of ether oxygens (including phenoxy) is 1. The monoisotopic (exact) mass is 569 g/mol. The number of anilines is 1. The molecule has 2 amide bonds. The van der Waals surface area contributed by atoms with Crippen molar-refractivity contribution in [2.45, 2.75) is 32.8 Å². The van der Waals surface area contributed by atoms with Crippen molar-refractivity contribution in [2.75, 3.05) is 12.4 Å². The van der Waals surface area contributed by atoms with Crippen LogP contribution >= 0.6 is 23.2 Å². The second kappa shape index (κ2) is 10.6. The van der Waals surface area contributed by atoms with E-state index in [2.05, 4.69) is 25.8 Å². The molecule has 0 aliphatic rings. The van der Waals surface area contributed by atoms with E-state index in [0.717, 1.165) is 0 Å². The lowest BCUT2D eigenvalue weighted by atomic mass is 10.1. The number of fused-ring (bicyclic) bond motifs is 1. The predicted octanol–water partition coefficient (Wildman–Crippen LogP) is 4.94. The number of hydrogen-bond acceptors (Lipinski definition) is 6. The summed E-state index contributed by atoms with van der Waals surface area (Å²) in [7, 11) is 1.43. The normalized spacial score (nSPS) is 11.8. The van der Waals surface area contributed by atoms with E-state index in [-0.39, 0.29) is 39.9 Å². The van der Waals surface area contributed by atoms with Crippen LogP contribution in [0, 0.1) is 0 Å². The van der Waals surface area contributed by atoms with Gasteiger partial charge in [0, 0.05) is 30.8 Å². The molecule has 1 aromatic carbocycles. The Labute approximate surface area is 223 Å². The van der Waals surface area contributed by atoms with E-state index < -0.39 is 29.4 Å². The van der Waals surface area contributed by atoms with E-state index in [0.29, 0.717) is 21.7 Å². The lowest BCUT2D eigenvalue weighted by Crippen LogP contribution is -2.32. The van der Waals surface area contributed by atoms with Crippen LogP contribution < -0.4 is 10.6 Å². The fraction of sp³-hybridized carbons (Fsp3) is 0.261. The number of carbonyl (C=O) groups excluding carboxylic acids is 2. The van der Waals surface area contributed by atoms with Gasteiger partial charge in [-0.15, -0.1) is 0 Å². The maximum absolute atomic E-state index is 13.5. The van der Waals surface area contributed by atoms with E-state index in [1.807, 2.05) is 0 Å². The lowest BCUT2D eigenvalue weighted by molar-refractivity contribution is -0.141. The second-order valence-corrected chi connectivity index (χ2v) is 9.14. The summed E-state index contributed by atoms with van der Waals surface area (Å²) in [5.41, 5.74) is -1.80. The molecule has 0 unspecified atom stereocenters. The Hall–Kier alpha value is -3.68. The third-order valence-corrected chi connectivity index (χ3v) is 5.78. The van der Waals surface area contributed by atoms with Gasteiger partial charge in [0.15, 0.2) is 11.5 Å². The number of aromatic nitrogens is 5. The second-order valence-electron chi connectivity index (χ2n) is 8.32. The molecule has 10 nitrogen and oxygen atoms in total. The van der Waals surface area contributed by atoms with Crippen LogP contribution in [0.25, 0.3) is 16.7 Å². The highest BCUT2D eigenvalue weighted by molar-refractivity contribution is 6.36. The number of nitrogens with one attached hydrogen (secondary N) is 2. The maximum Gasteiger partial charge on any atom is 0.435 e. The van der Waals surface area contributed by atoms with Crippen LogP contribution in [0.5, 0.6) is 0 Å². The molecular formula is C23H20Cl2F3N7O3. The summed E-state index contributed by atoms with van der Waals surface area (Å²) in [6.07, 6.45) is -2.12. The van der Waals surface area contributed by atoms with E-state index in [1.54, 1.807) is 13.8 Å². The predicted molar refractivity (Wildman–Crippen MR) is 134 cm³/mol. The number of benzene rings is 1. The smallest absolute Gasteiger partial charge is 0.362 e. The summed E-state index contributed by atoms with van der Waals surface area (Å²) in [5.74, 6) is -1.85. The summed E-state index contributed by atoms with van der Waals surface area (Å²) < 4.78 is 47.8. The highest BCUT2D eigenvalue weighted by Crippen LogP contribution is 2.35. The standard InChI is InChI=1S/C23H20Cl2F3N7O3/c1-11(2)31-22(37)17-18(14(25)7-12-9-30-34(10-38-3)19(12)17)32-21(36)15-8-16(23(26,27)28)33-35(15)20-13(24)5-4-6-29-20/h4-9,11H,10H2,1-3H3,(H,31,37)(H,32,36). The molecular weight excluding hydrogens is 550 g/mol. The van der Waals surface area contributed by atoms with E-state index in [4.69, 9.17) is 27.9 Å². The van der Waals surface area contributed by atoms with Gasteiger partial charge in [-0.1, -0.05) is 23.2 Å². The zero-order valence-corrected chi connectivity index (χ0v) is 21.6. The van der Waals surface area contributed by atoms with Crippen LogP contribution in [0.1, 0.15) is 40.4 Å². The van der Waals surface area contributed by atoms with Crippen LogP contribution in [0.15, 0.2) is 36.7 Å². The molecule has 3 aromatic heterocycles. The van der Waals surface area contributed by atoms with Crippen molar-refractivity contribution >= 4 is 51.6 Å². The summed E-state index contributed by atoms with van der Waals surface area (Å²) in [4.78, 5) is 30.7. The molecule has 0 atom stereocenters. The minimum Gasteiger partial charge on any atom is -0.362 e. The molecule has 0 bridgehead atoms. The molecule has 0 saturated carbocycles. The molecule has 0 aliphatic carbocycles. The molecule has 0 spiro atoms. The van der Waals surface area contributed by atoms with Gasteiger partial charge in [0.25, 0.3) is 11.8 Å². The van der Waals surface area contributed by atoms with Crippen molar-refractivity contribution in [1.29, 1.82) is 0 Å². The number of pyridine rings is 1. The third-order valence-electron chi connectivity index (χ3n) is 5.18. The Kier molecular flexibility index (Phi) is 7.63. The van der Waals surface area contributed by atoms with Crippen molar-refractivity contribution in [3.63, 3.8) is 0 Å². The van der Waals surface area contributed by atoms with Crippen LogP contribution in [-0.2, 0) is 17.6 Å². The fourth-order valence-corrected chi connectivity index (χ4v) is 4.14. The lowest BCUT2D eigenvalue weighted by Gasteiger charge is -2.17. The number of nitrogens with zero attached hydrogens (tertiary/aromatic N) is 5. The molecule has 0 fully saturated rings. The van der Waals surface area contributed by atoms with Crippen LogP contribution in [0.2, 0.25) is 10.0 Å². The van der Waals surface area contributed by atoms with Crippen molar-refractivity contribution in [3.05, 3.63) is 63.7 Å². The number of carbonyl (C=O) groups is 2. The van der Waals surface area contributed by atoms with Gasteiger partial charge < -0.3 is 15.4 Å². The first-order valence-electron chi connectivity index (χ1n) is 11.0. The van der Waals surface area contributed by atoms with Crippen molar-refractivity contribution < 1.29 is 27.5 Å². The average molecular weight is 570 g/mol. The Bertz CT molecular complexity index is 1530. The molecule has 0 aliphatic heterocycles. The molecule has 38 heavy (non-hydrogen) atoms. The third kappa shape index (κ3) is 5.30. The first kappa shape index (κ1) is 27.4. The summed E-state index contributed by atoms with van der Waals surface area (Å²) in [6.45, 7) is 3.44. The molecule has 4 rings (SSSR count). The molecule has 3 heterocycles. The van der Waals surface area contributed by atoms with Crippen molar-refractivity contribution in [2.24, 2.45) is 0 Å². The topological polar surface area (TPSA) is 116 Å². The van der Waals surface area contributed by atoms with E-state index in [1.165, 1.54) is 42.4 Å². The largest absolute Gasteiger partial charge is 0.435 e. The zero-order chi connectivity index (χ0) is 27.8. The van der Waals surface area contributed by atoms with Gasteiger partial charge in [-0.3, -0.25) is 9.59 Å². The Morgan fingerprint density at radius 2 is 1.89 bits per heavy atom. The minimum absolute atomic E-state index is 0.0274. The van der Waals surface area contributed by atoms with Crippen LogP contribution in [0.3, 0.4) is 0 Å². The molecule has 2 N–H and O–H groups in total. The van der Waals surface area contributed by atoms with Crippen molar-refractivity contribution in [1.82, 2.24) is 29.9 Å². The Balaban J connectivity index is 1.89. The van der Waals surface area contributed by atoms with Crippen LogP contribution in [-0.4, -0.2) is 49.5 Å². The first-order valence-corrected chi connectivity index (χ1v) is 11.7. The Morgan fingerprint density at radius 1 is 1.16 bits per heavy atom. The van der Waals surface area contributed by atoms with Gasteiger partial charge in [-0.25, -0.2) is 14.3 Å². The highest BCUT2D eigenvalue weighted by Gasteiger charge is 2.37. The quantitative estimate of drug-likeness (QED) is 0.326. The number of hydrogen-bond donors (Lipinski definition) is 2. The van der Waals surface area contributed by atoms with Gasteiger partial charge in [0.05, 0.1) is 33.0 Å². The molecule has 200 valence electrons. The van der Waals surface area contributed by atoms with E-state index >= 15 is 0 Å². The Morgan fingerprint density at radius 3 is 2.53 bits per heavy atom. The SMILES string of the molecule is COCn1ncc2cc(Cl)c(NC(=O)c3cc(C(F)(F)F)nn3-c3ncccc3Cl)c(C(=O)NC(C)C)c21. The van der Waals surface area contributed by atoms with Gasteiger partial charge in [0.2, 0.25) is 0 Å². The molecule has 4 aromatic rings. The first-order chi connectivity index (χ1) is 17.9. The summed E-state index contributed by atoms with van der Waals surface area (Å²) in [6, 6.07) is 4.58. The van der Waals surface area contributed by atoms with Crippen LogP contribution in [0.4, 0.5) is 18.9 Å². The van der Waals surface area contributed by atoms with Gasteiger partial charge >= 0.3 is 6.18 Å². The maximum atomic E-state index is 13.5. The summed E-state index contributed by atoms with van der Waals surface area (Å²) in [5, 5.41) is 13.3. The fourth-order valence-electron chi connectivity index (χ4n) is 3.68. The van der Waals surface area contributed by atoms with Crippen molar-refractivity contribution in [3.8, 4) is 5.82 Å². The number of methoxy groups -OCH3 is 1. The average Bonchev–Trinajstić information content (AvgIpc) is 3.44. The highest BCUT2D eigenvalue weighted by atomic mass is 35.5. The van der Waals surface area contributed by atoms with Gasteiger partial charge in [0.1, 0.15) is 12.4 Å². The summed E-state index contributed by atoms with van der Waals surface area (Å²) >= 11 is 12.6. The zero-order valence-electron chi connectivity index (χ0n) is 20.1. The molecule has 0 saturated heterocycles. The molecule has 15 heteroatoms. The number of rotatable bonds is 7.